The van der Waals surface area contributed by atoms with E-state index in [0.29, 0.717) is 0 Å². The molecule has 7 nitrogen and oxygen atoms in total. The fourth-order valence-corrected chi connectivity index (χ4v) is 2.28. The van der Waals surface area contributed by atoms with E-state index in [1.165, 1.54) is 33.3 Å². The Balaban J connectivity index is 3.27. The first-order valence-corrected chi connectivity index (χ1v) is 7.15. The number of ether oxygens (including phenoxy) is 3. The van der Waals surface area contributed by atoms with Crippen LogP contribution < -0.4 is 0 Å². The van der Waals surface area contributed by atoms with Crippen molar-refractivity contribution in [3.63, 3.8) is 0 Å². The summed E-state index contributed by atoms with van der Waals surface area (Å²) in [5.74, 6) is -1.55. The number of methoxy groups -OCH3 is 2. The second kappa shape index (κ2) is 8.50. The summed E-state index contributed by atoms with van der Waals surface area (Å²) >= 11 is 0. The fourth-order valence-electron chi connectivity index (χ4n) is 2.28. The zero-order valence-electron chi connectivity index (χ0n) is 13.7. The third-order valence-corrected chi connectivity index (χ3v) is 3.44. The summed E-state index contributed by atoms with van der Waals surface area (Å²) in [6.07, 6.45) is -1.76. The van der Waals surface area contributed by atoms with E-state index < -0.39 is 18.2 Å². The molecule has 1 aromatic carbocycles. The van der Waals surface area contributed by atoms with Crippen LogP contribution in [0.1, 0.15) is 42.3 Å². The van der Waals surface area contributed by atoms with E-state index in [2.05, 4.69) is 4.74 Å². The van der Waals surface area contributed by atoms with Crippen LogP contribution >= 0.6 is 0 Å². The van der Waals surface area contributed by atoms with E-state index in [4.69, 9.17) is 9.47 Å². The summed E-state index contributed by atoms with van der Waals surface area (Å²) in [7, 11) is 2.58. The Bertz CT molecular complexity index is 568. The van der Waals surface area contributed by atoms with Crippen molar-refractivity contribution in [1.82, 2.24) is 0 Å². The molecule has 0 bridgehead atoms. The molecule has 0 radical (unpaired) electrons. The lowest BCUT2D eigenvalue weighted by Crippen LogP contribution is -2.27. The molecule has 2 N–H and O–H groups in total. The number of hydrogen-bond donors (Lipinski definition) is 2. The van der Waals surface area contributed by atoms with Crippen molar-refractivity contribution < 1.29 is 34.0 Å². The molecule has 23 heavy (non-hydrogen) atoms. The van der Waals surface area contributed by atoms with Crippen molar-refractivity contribution in [2.75, 3.05) is 20.8 Å². The predicted octanol–water partition coefficient (Wildman–Crippen LogP) is 1.96. The number of phenolic OH excluding ortho intramolecular Hbond substituents is 2. The quantitative estimate of drug-likeness (QED) is 0.556. The van der Waals surface area contributed by atoms with Crippen molar-refractivity contribution in [1.29, 1.82) is 0 Å². The van der Waals surface area contributed by atoms with Crippen LogP contribution in [-0.4, -0.2) is 48.9 Å². The second-order valence-corrected chi connectivity index (χ2v) is 4.88. The maximum atomic E-state index is 11.7. The average Bonchev–Trinajstić information content (AvgIpc) is 2.51. The number of carbonyl (C=O) groups is 2. The van der Waals surface area contributed by atoms with Crippen LogP contribution in [0.2, 0.25) is 0 Å². The maximum absolute atomic E-state index is 11.7. The Hall–Kier alpha value is -2.12. The van der Waals surface area contributed by atoms with Gasteiger partial charge in [0.05, 0.1) is 24.3 Å². The Labute approximate surface area is 134 Å². The van der Waals surface area contributed by atoms with E-state index in [0.717, 1.165) is 0 Å². The third-order valence-electron chi connectivity index (χ3n) is 3.44. The van der Waals surface area contributed by atoms with E-state index in [9.17, 15) is 19.8 Å². The molecule has 0 aliphatic rings. The van der Waals surface area contributed by atoms with Gasteiger partial charge in [-0.05, 0) is 26.0 Å². The van der Waals surface area contributed by atoms with Gasteiger partial charge in [0.2, 0.25) is 0 Å². The van der Waals surface area contributed by atoms with Crippen LogP contribution in [0.15, 0.2) is 12.1 Å². The molecule has 0 saturated carbocycles. The first-order chi connectivity index (χ1) is 10.9. The Kier molecular flexibility index (Phi) is 6.99. The molecular weight excluding hydrogens is 304 g/mol. The molecule has 0 aliphatic carbocycles. The molecule has 0 saturated heterocycles. The molecule has 7 heteroatoms. The summed E-state index contributed by atoms with van der Waals surface area (Å²) in [6, 6.07) is 2.63. The van der Waals surface area contributed by atoms with Gasteiger partial charge in [-0.1, -0.05) is 0 Å². The minimum atomic E-state index is -0.934. The SMILES string of the molecule is CCO[C@H](C[C@@H](OC)C(=O)OC)c1c(O)ccc(C(C)=O)c1O. The maximum Gasteiger partial charge on any atom is 0.335 e. The van der Waals surface area contributed by atoms with Gasteiger partial charge in [0.1, 0.15) is 11.5 Å². The first kappa shape index (κ1) is 18.9. The number of ketones is 1. The van der Waals surface area contributed by atoms with Gasteiger partial charge in [-0.15, -0.1) is 0 Å². The minimum absolute atomic E-state index is 0.0134. The summed E-state index contributed by atoms with van der Waals surface area (Å²) in [4.78, 5) is 23.2. The number of carbonyl (C=O) groups excluding carboxylic acids is 2. The highest BCUT2D eigenvalue weighted by Gasteiger charge is 2.30. The van der Waals surface area contributed by atoms with Crippen LogP contribution in [0.5, 0.6) is 11.5 Å². The number of Topliss-reactive ketones (excluding diaryl/α,β-unsaturated/α-hetero) is 1. The number of rotatable bonds is 8. The van der Waals surface area contributed by atoms with Gasteiger partial charge in [0, 0.05) is 20.1 Å². The van der Waals surface area contributed by atoms with Crippen molar-refractivity contribution >= 4 is 11.8 Å². The smallest absolute Gasteiger partial charge is 0.335 e. The van der Waals surface area contributed by atoms with Crippen molar-refractivity contribution in [2.45, 2.75) is 32.5 Å². The topological polar surface area (TPSA) is 102 Å². The van der Waals surface area contributed by atoms with Gasteiger partial charge in [0.15, 0.2) is 11.9 Å². The summed E-state index contributed by atoms with van der Waals surface area (Å²) in [6.45, 7) is 3.30. The molecule has 0 aliphatic heterocycles. The van der Waals surface area contributed by atoms with Crippen LogP contribution in [0, 0.1) is 0 Å². The van der Waals surface area contributed by atoms with E-state index in [1.807, 2.05) is 0 Å². The van der Waals surface area contributed by atoms with Gasteiger partial charge in [-0.3, -0.25) is 4.79 Å². The highest BCUT2D eigenvalue weighted by atomic mass is 16.6. The first-order valence-electron chi connectivity index (χ1n) is 7.15. The number of benzene rings is 1. The van der Waals surface area contributed by atoms with Gasteiger partial charge in [-0.2, -0.15) is 0 Å². The zero-order valence-corrected chi connectivity index (χ0v) is 13.7. The highest BCUT2D eigenvalue weighted by molar-refractivity contribution is 5.97. The number of esters is 1. The monoisotopic (exact) mass is 326 g/mol. The van der Waals surface area contributed by atoms with Gasteiger partial charge in [0.25, 0.3) is 0 Å². The van der Waals surface area contributed by atoms with Crippen molar-refractivity contribution in [3.05, 3.63) is 23.3 Å². The molecule has 1 aromatic rings. The molecule has 0 unspecified atom stereocenters. The van der Waals surface area contributed by atoms with Crippen molar-refractivity contribution in [3.8, 4) is 11.5 Å². The van der Waals surface area contributed by atoms with E-state index >= 15 is 0 Å². The van der Waals surface area contributed by atoms with Gasteiger partial charge >= 0.3 is 5.97 Å². The molecule has 0 spiro atoms. The number of aromatic hydroxyl groups is 2. The van der Waals surface area contributed by atoms with Crippen LogP contribution in [0.4, 0.5) is 0 Å². The lowest BCUT2D eigenvalue weighted by atomic mass is 9.97. The van der Waals surface area contributed by atoms with E-state index in [1.54, 1.807) is 6.92 Å². The van der Waals surface area contributed by atoms with Gasteiger partial charge < -0.3 is 24.4 Å². The minimum Gasteiger partial charge on any atom is -0.507 e. The summed E-state index contributed by atoms with van der Waals surface area (Å²) < 4.78 is 15.2. The summed E-state index contributed by atoms with van der Waals surface area (Å²) in [5, 5.41) is 20.4. The van der Waals surface area contributed by atoms with Crippen LogP contribution in [0.25, 0.3) is 0 Å². The molecule has 128 valence electrons. The van der Waals surface area contributed by atoms with Crippen LogP contribution in [0.3, 0.4) is 0 Å². The normalized spacial score (nSPS) is 13.4. The number of hydrogen-bond acceptors (Lipinski definition) is 7. The van der Waals surface area contributed by atoms with E-state index in [-0.39, 0.29) is 41.4 Å². The average molecular weight is 326 g/mol. The summed E-state index contributed by atoms with van der Waals surface area (Å²) in [5.41, 5.74) is 0.111. The Morgan fingerprint density at radius 2 is 1.87 bits per heavy atom. The standard InChI is InChI=1S/C16H22O7/c1-5-23-12(8-13(21-3)16(20)22-4)14-11(18)7-6-10(9(2)17)15(14)19/h6-7,12-13,18-19H,5,8H2,1-4H3/t12-,13-/m1/s1. The molecular formula is C16H22O7. The number of phenols is 2. The third kappa shape index (κ3) is 4.43. The molecule has 0 fully saturated rings. The predicted molar refractivity (Wildman–Crippen MR) is 81.6 cm³/mol. The van der Waals surface area contributed by atoms with Gasteiger partial charge in [-0.25, -0.2) is 4.79 Å². The van der Waals surface area contributed by atoms with Crippen LogP contribution in [-0.2, 0) is 19.0 Å². The Morgan fingerprint density at radius 3 is 2.35 bits per heavy atom. The molecule has 0 aromatic heterocycles. The fraction of sp³-hybridized carbons (Fsp3) is 0.500. The molecule has 0 heterocycles. The highest BCUT2D eigenvalue weighted by Crippen LogP contribution is 2.39. The van der Waals surface area contributed by atoms with Crippen molar-refractivity contribution in [2.24, 2.45) is 0 Å². The second-order valence-electron chi connectivity index (χ2n) is 4.88. The lowest BCUT2D eigenvalue weighted by molar-refractivity contribution is -0.154. The zero-order chi connectivity index (χ0) is 17.6. The molecule has 1 rings (SSSR count). The Morgan fingerprint density at radius 1 is 1.22 bits per heavy atom. The lowest BCUT2D eigenvalue weighted by Gasteiger charge is -2.23. The largest absolute Gasteiger partial charge is 0.507 e. The molecule has 0 amide bonds. The molecule has 2 atom stereocenters.